The number of hydrazone groups is 1. The monoisotopic (exact) mass is 326 g/mol. The number of rotatable bonds is 4. The molecule has 0 bridgehead atoms. The van der Waals surface area contributed by atoms with E-state index in [1.165, 1.54) is 13.3 Å². The number of nitrogens with one attached hydrogen (secondary N) is 2. The fourth-order valence-electron chi connectivity index (χ4n) is 2.71. The summed E-state index contributed by atoms with van der Waals surface area (Å²) in [6.07, 6.45) is 5.51. The van der Waals surface area contributed by atoms with Gasteiger partial charge in [-0.25, -0.2) is 10.2 Å². The summed E-state index contributed by atoms with van der Waals surface area (Å²) in [5, 5.41) is 11.0. The number of aryl methyl sites for hydroxylation is 1. The molecular weight excluding hydrogens is 308 g/mol. The summed E-state index contributed by atoms with van der Waals surface area (Å²) in [6.45, 7) is 0. The Bertz CT molecular complexity index is 778. The Morgan fingerprint density at radius 1 is 1.25 bits per heavy atom. The Balaban J connectivity index is 1.63. The van der Waals surface area contributed by atoms with Gasteiger partial charge in [-0.2, -0.15) is 10.2 Å². The molecule has 24 heavy (non-hydrogen) atoms. The van der Waals surface area contributed by atoms with Crippen molar-refractivity contribution in [1.82, 2.24) is 15.6 Å². The van der Waals surface area contributed by atoms with E-state index >= 15 is 0 Å². The number of fused-ring (bicyclic) bond motifs is 1. The molecule has 3 rings (SSSR count). The van der Waals surface area contributed by atoms with Gasteiger partial charge in [0.25, 0.3) is 5.91 Å². The molecule has 124 valence electrons. The summed E-state index contributed by atoms with van der Waals surface area (Å²) >= 11 is 0. The molecule has 0 unspecified atom stereocenters. The molecule has 1 heterocycles. The van der Waals surface area contributed by atoms with Crippen LogP contribution in [-0.4, -0.2) is 35.4 Å². The van der Waals surface area contributed by atoms with Crippen molar-refractivity contribution in [3.8, 4) is 0 Å². The smallest absolute Gasteiger partial charge is 0.337 e. The zero-order chi connectivity index (χ0) is 16.9. The molecule has 0 fully saturated rings. The van der Waals surface area contributed by atoms with Gasteiger partial charge in [-0.05, 0) is 43.4 Å². The lowest BCUT2D eigenvalue weighted by atomic mass is 9.96. The van der Waals surface area contributed by atoms with E-state index < -0.39 is 5.97 Å². The Morgan fingerprint density at radius 2 is 2.00 bits per heavy atom. The highest BCUT2D eigenvalue weighted by atomic mass is 16.5. The third-order valence-corrected chi connectivity index (χ3v) is 3.98. The van der Waals surface area contributed by atoms with Gasteiger partial charge in [-0.15, -0.1) is 0 Å². The van der Waals surface area contributed by atoms with Gasteiger partial charge in [0, 0.05) is 11.3 Å². The predicted octanol–water partition coefficient (Wildman–Crippen LogP) is 1.84. The molecule has 1 aromatic heterocycles. The van der Waals surface area contributed by atoms with Crippen molar-refractivity contribution in [2.75, 3.05) is 7.11 Å². The van der Waals surface area contributed by atoms with E-state index in [1.54, 1.807) is 24.3 Å². The van der Waals surface area contributed by atoms with Gasteiger partial charge in [-0.1, -0.05) is 12.1 Å². The van der Waals surface area contributed by atoms with Crippen LogP contribution in [0.5, 0.6) is 0 Å². The van der Waals surface area contributed by atoms with E-state index in [4.69, 9.17) is 0 Å². The number of carbonyl (C=O) groups is 2. The van der Waals surface area contributed by atoms with Gasteiger partial charge in [0.15, 0.2) is 5.69 Å². The van der Waals surface area contributed by atoms with E-state index in [0.29, 0.717) is 11.3 Å². The van der Waals surface area contributed by atoms with Crippen molar-refractivity contribution >= 4 is 18.1 Å². The second-order valence-corrected chi connectivity index (χ2v) is 5.55. The Morgan fingerprint density at radius 3 is 2.75 bits per heavy atom. The van der Waals surface area contributed by atoms with Crippen LogP contribution in [0.3, 0.4) is 0 Å². The molecule has 1 aromatic carbocycles. The summed E-state index contributed by atoms with van der Waals surface area (Å²) in [5.41, 5.74) is 6.17. The third kappa shape index (κ3) is 3.34. The van der Waals surface area contributed by atoms with E-state index in [2.05, 4.69) is 25.5 Å². The number of esters is 1. The summed E-state index contributed by atoms with van der Waals surface area (Å²) in [5.74, 6) is -0.716. The van der Waals surface area contributed by atoms with Crippen LogP contribution in [0.15, 0.2) is 29.4 Å². The fourth-order valence-corrected chi connectivity index (χ4v) is 2.71. The molecule has 0 aliphatic heterocycles. The number of nitrogens with zero attached hydrogens (tertiary/aromatic N) is 2. The molecule has 7 heteroatoms. The molecule has 2 aromatic rings. The molecule has 0 saturated carbocycles. The summed E-state index contributed by atoms with van der Waals surface area (Å²) < 4.78 is 4.64. The first-order valence-electron chi connectivity index (χ1n) is 7.77. The van der Waals surface area contributed by atoms with Gasteiger partial charge >= 0.3 is 5.97 Å². The molecule has 1 aliphatic rings. The maximum atomic E-state index is 12.2. The molecule has 1 amide bonds. The number of benzene rings is 1. The minimum absolute atomic E-state index is 0.322. The highest BCUT2D eigenvalue weighted by molar-refractivity contribution is 5.95. The number of hydrogen-bond acceptors (Lipinski definition) is 5. The van der Waals surface area contributed by atoms with Gasteiger partial charge in [0.1, 0.15) is 0 Å². The number of methoxy groups -OCH3 is 1. The molecule has 0 atom stereocenters. The molecule has 0 saturated heterocycles. The lowest BCUT2D eigenvalue weighted by Crippen LogP contribution is -2.20. The molecule has 7 nitrogen and oxygen atoms in total. The topological polar surface area (TPSA) is 96.4 Å². The number of amides is 1. The largest absolute Gasteiger partial charge is 0.465 e. The zero-order valence-electron chi connectivity index (χ0n) is 13.3. The SMILES string of the molecule is COC(=O)c1ccc(/C=N\NC(=O)c2n[nH]c3c2CCCC3)cc1. The Labute approximate surface area is 139 Å². The van der Waals surface area contributed by atoms with Gasteiger partial charge in [0.05, 0.1) is 18.9 Å². The summed E-state index contributed by atoms with van der Waals surface area (Å²) in [7, 11) is 1.33. The van der Waals surface area contributed by atoms with E-state index in [1.807, 2.05) is 0 Å². The van der Waals surface area contributed by atoms with Crippen LogP contribution in [0, 0.1) is 0 Å². The first-order valence-corrected chi connectivity index (χ1v) is 7.77. The van der Waals surface area contributed by atoms with Crippen LogP contribution in [0.2, 0.25) is 0 Å². The number of H-pyrrole nitrogens is 1. The van der Waals surface area contributed by atoms with Crippen molar-refractivity contribution < 1.29 is 14.3 Å². The maximum absolute atomic E-state index is 12.2. The van der Waals surface area contributed by atoms with Crippen molar-refractivity contribution in [3.63, 3.8) is 0 Å². The molecular formula is C17H18N4O3. The molecule has 0 spiro atoms. The summed E-state index contributed by atoms with van der Waals surface area (Å²) in [4.78, 5) is 23.5. The maximum Gasteiger partial charge on any atom is 0.337 e. The molecule has 1 aliphatic carbocycles. The van der Waals surface area contributed by atoms with Crippen LogP contribution < -0.4 is 5.43 Å². The number of carbonyl (C=O) groups excluding carboxylic acids is 2. The van der Waals surface area contributed by atoms with Crippen molar-refractivity contribution in [3.05, 3.63) is 52.3 Å². The minimum atomic E-state index is -0.393. The average Bonchev–Trinajstić information content (AvgIpc) is 3.06. The highest BCUT2D eigenvalue weighted by Crippen LogP contribution is 2.21. The highest BCUT2D eigenvalue weighted by Gasteiger charge is 2.21. The number of aromatic amines is 1. The zero-order valence-corrected chi connectivity index (χ0v) is 13.3. The second-order valence-electron chi connectivity index (χ2n) is 5.55. The number of hydrogen-bond donors (Lipinski definition) is 2. The predicted molar refractivity (Wildman–Crippen MR) is 88.1 cm³/mol. The summed E-state index contributed by atoms with van der Waals surface area (Å²) in [6, 6.07) is 6.72. The van der Waals surface area contributed by atoms with Crippen LogP contribution in [0.25, 0.3) is 0 Å². The molecule has 2 N–H and O–H groups in total. The lowest BCUT2D eigenvalue weighted by Gasteiger charge is -2.10. The van der Waals surface area contributed by atoms with Crippen molar-refractivity contribution in [1.29, 1.82) is 0 Å². The van der Waals surface area contributed by atoms with E-state index in [0.717, 1.165) is 42.5 Å². The lowest BCUT2D eigenvalue weighted by molar-refractivity contribution is 0.0600. The second kappa shape index (κ2) is 7.08. The Hall–Kier alpha value is -2.96. The number of aromatic nitrogens is 2. The van der Waals surface area contributed by atoms with Crippen LogP contribution in [0.4, 0.5) is 0 Å². The van der Waals surface area contributed by atoms with Crippen molar-refractivity contribution in [2.45, 2.75) is 25.7 Å². The van der Waals surface area contributed by atoms with Crippen LogP contribution in [-0.2, 0) is 17.6 Å². The standard InChI is InChI=1S/C17H18N4O3/c1-24-17(23)12-8-6-11(7-9-12)10-18-21-16(22)15-13-4-2-3-5-14(13)19-20-15/h6-10H,2-5H2,1H3,(H,19,20)(H,21,22)/b18-10-. The fraction of sp³-hybridized carbons (Fsp3) is 0.294. The normalized spacial score (nSPS) is 13.5. The van der Waals surface area contributed by atoms with Gasteiger partial charge in [0.2, 0.25) is 0 Å². The molecule has 0 radical (unpaired) electrons. The van der Waals surface area contributed by atoms with E-state index in [9.17, 15) is 9.59 Å². The minimum Gasteiger partial charge on any atom is -0.465 e. The average molecular weight is 326 g/mol. The van der Waals surface area contributed by atoms with Gasteiger partial charge < -0.3 is 4.74 Å². The number of ether oxygens (including phenoxy) is 1. The quantitative estimate of drug-likeness (QED) is 0.509. The van der Waals surface area contributed by atoms with Crippen LogP contribution >= 0.6 is 0 Å². The van der Waals surface area contributed by atoms with Crippen LogP contribution in [0.1, 0.15) is 50.5 Å². The van der Waals surface area contributed by atoms with E-state index in [-0.39, 0.29) is 5.91 Å². The van der Waals surface area contributed by atoms with Crippen molar-refractivity contribution in [2.24, 2.45) is 5.10 Å². The first-order chi connectivity index (χ1) is 11.7. The third-order valence-electron chi connectivity index (χ3n) is 3.98. The van der Waals surface area contributed by atoms with Gasteiger partial charge in [-0.3, -0.25) is 9.89 Å². The Kier molecular flexibility index (Phi) is 4.69. The first kappa shape index (κ1) is 15.9.